The number of carbonyl (C=O) groups is 2. The molecule has 25 heavy (non-hydrogen) atoms. The lowest BCUT2D eigenvalue weighted by Crippen LogP contribution is -2.40. The highest BCUT2D eigenvalue weighted by Crippen LogP contribution is 2.59. The molecule has 2 atom stereocenters. The maximum absolute atomic E-state index is 12.8. The monoisotopic (exact) mass is 342 g/mol. The van der Waals surface area contributed by atoms with Crippen LogP contribution in [0.3, 0.4) is 0 Å². The molecule has 1 aromatic heterocycles. The van der Waals surface area contributed by atoms with Crippen molar-refractivity contribution >= 4 is 11.9 Å². The summed E-state index contributed by atoms with van der Waals surface area (Å²) in [5.74, 6) is 0.263. The van der Waals surface area contributed by atoms with Gasteiger partial charge in [-0.1, -0.05) is 6.07 Å². The van der Waals surface area contributed by atoms with Gasteiger partial charge in [-0.3, -0.25) is 9.78 Å². The predicted octanol–water partition coefficient (Wildman–Crippen LogP) is 1.97. The van der Waals surface area contributed by atoms with E-state index < -0.39 is 0 Å². The SMILES string of the molecule is CN(Cc1ccccn1)C(=O)C1CC12CCN(C(=O)N1CCCC1)C2. The Hall–Kier alpha value is -2.11. The van der Waals surface area contributed by atoms with Gasteiger partial charge < -0.3 is 14.7 Å². The van der Waals surface area contributed by atoms with E-state index in [9.17, 15) is 9.59 Å². The van der Waals surface area contributed by atoms with Crippen molar-refractivity contribution in [3.05, 3.63) is 30.1 Å². The van der Waals surface area contributed by atoms with Gasteiger partial charge in [-0.25, -0.2) is 4.79 Å². The molecule has 0 bridgehead atoms. The number of aromatic nitrogens is 1. The Morgan fingerprint density at radius 3 is 2.76 bits per heavy atom. The van der Waals surface area contributed by atoms with Crippen LogP contribution in [0, 0.1) is 11.3 Å². The van der Waals surface area contributed by atoms with E-state index in [1.165, 1.54) is 0 Å². The standard InChI is InChI=1S/C19H26N4O2/c1-21(13-15-6-2-3-8-20-15)17(24)16-12-19(16)7-11-23(14-19)18(25)22-9-4-5-10-22/h2-3,6,8,16H,4-5,7,9-14H2,1H3. The zero-order valence-corrected chi connectivity index (χ0v) is 14.9. The van der Waals surface area contributed by atoms with Crippen LogP contribution in [-0.4, -0.2) is 64.8 Å². The van der Waals surface area contributed by atoms with Crippen LogP contribution in [0.2, 0.25) is 0 Å². The first-order valence-corrected chi connectivity index (χ1v) is 9.28. The van der Waals surface area contributed by atoms with Gasteiger partial charge in [0.05, 0.1) is 12.2 Å². The Balaban J connectivity index is 1.33. The van der Waals surface area contributed by atoms with Crippen LogP contribution in [-0.2, 0) is 11.3 Å². The van der Waals surface area contributed by atoms with Crippen molar-refractivity contribution in [2.45, 2.75) is 32.2 Å². The number of hydrogen-bond acceptors (Lipinski definition) is 3. The topological polar surface area (TPSA) is 56.8 Å². The summed E-state index contributed by atoms with van der Waals surface area (Å²) in [6, 6.07) is 5.94. The molecule has 3 amide bonds. The molecule has 134 valence electrons. The van der Waals surface area contributed by atoms with Gasteiger partial charge in [-0.15, -0.1) is 0 Å². The number of carbonyl (C=O) groups excluding carboxylic acids is 2. The maximum Gasteiger partial charge on any atom is 0.320 e. The second kappa shape index (κ2) is 6.32. The molecule has 6 nitrogen and oxygen atoms in total. The highest BCUT2D eigenvalue weighted by Gasteiger charge is 2.62. The molecule has 1 spiro atoms. The van der Waals surface area contributed by atoms with Gasteiger partial charge in [0.1, 0.15) is 0 Å². The van der Waals surface area contributed by atoms with Crippen molar-refractivity contribution in [1.82, 2.24) is 19.7 Å². The van der Waals surface area contributed by atoms with Gasteiger partial charge in [0.2, 0.25) is 5.91 Å². The minimum atomic E-state index is 0.0326. The van der Waals surface area contributed by atoms with Gasteiger partial charge in [0, 0.05) is 50.8 Å². The summed E-state index contributed by atoms with van der Waals surface area (Å²) in [6.07, 6.45) is 5.86. The molecule has 6 heteroatoms. The molecule has 4 rings (SSSR count). The van der Waals surface area contributed by atoms with E-state index in [4.69, 9.17) is 0 Å². The average molecular weight is 342 g/mol. The maximum atomic E-state index is 12.8. The second-order valence-electron chi connectivity index (χ2n) is 7.78. The second-order valence-corrected chi connectivity index (χ2v) is 7.78. The van der Waals surface area contributed by atoms with Gasteiger partial charge in [-0.05, 0) is 37.8 Å². The summed E-state index contributed by atoms with van der Waals surface area (Å²) in [6.45, 7) is 3.86. The lowest BCUT2D eigenvalue weighted by Gasteiger charge is -2.24. The largest absolute Gasteiger partial charge is 0.340 e. The van der Waals surface area contributed by atoms with E-state index in [0.29, 0.717) is 6.54 Å². The number of urea groups is 1. The molecule has 0 radical (unpaired) electrons. The molecule has 1 saturated carbocycles. The molecule has 3 fully saturated rings. The number of amides is 3. The predicted molar refractivity (Wildman–Crippen MR) is 93.6 cm³/mol. The molecule has 0 N–H and O–H groups in total. The van der Waals surface area contributed by atoms with E-state index in [-0.39, 0.29) is 23.3 Å². The van der Waals surface area contributed by atoms with Crippen LogP contribution < -0.4 is 0 Å². The van der Waals surface area contributed by atoms with Crippen LogP contribution >= 0.6 is 0 Å². The van der Waals surface area contributed by atoms with Crippen LogP contribution in [0.4, 0.5) is 4.79 Å². The Morgan fingerprint density at radius 2 is 2.04 bits per heavy atom. The molecular formula is C19H26N4O2. The number of hydrogen-bond donors (Lipinski definition) is 0. The third kappa shape index (κ3) is 3.10. The number of rotatable bonds is 3. The third-order valence-corrected chi connectivity index (χ3v) is 6.02. The molecule has 3 heterocycles. The lowest BCUT2D eigenvalue weighted by molar-refractivity contribution is -0.132. The normalized spacial score (nSPS) is 27.8. The summed E-state index contributed by atoms with van der Waals surface area (Å²) in [4.78, 5) is 35.4. The van der Waals surface area contributed by atoms with Gasteiger partial charge in [0.25, 0.3) is 0 Å². The van der Waals surface area contributed by atoms with Crippen LogP contribution in [0.5, 0.6) is 0 Å². The fourth-order valence-corrected chi connectivity index (χ4v) is 4.39. The van der Waals surface area contributed by atoms with Crippen molar-refractivity contribution in [3.8, 4) is 0 Å². The first kappa shape index (κ1) is 16.4. The van der Waals surface area contributed by atoms with Crippen molar-refractivity contribution in [2.75, 3.05) is 33.2 Å². The lowest BCUT2D eigenvalue weighted by atomic mass is 10.0. The van der Waals surface area contributed by atoms with E-state index in [0.717, 1.165) is 57.6 Å². The minimum Gasteiger partial charge on any atom is -0.340 e. The fraction of sp³-hybridized carbons (Fsp3) is 0.632. The van der Waals surface area contributed by atoms with Crippen LogP contribution in [0.25, 0.3) is 0 Å². The van der Waals surface area contributed by atoms with E-state index in [1.807, 2.05) is 35.0 Å². The zero-order chi connectivity index (χ0) is 17.4. The van der Waals surface area contributed by atoms with Crippen molar-refractivity contribution in [1.29, 1.82) is 0 Å². The average Bonchev–Trinajstić information content (AvgIpc) is 2.97. The van der Waals surface area contributed by atoms with Crippen LogP contribution in [0.15, 0.2) is 24.4 Å². The van der Waals surface area contributed by atoms with Gasteiger partial charge >= 0.3 is 6.03 Å². The third-order valence-electron chi connectivity index (χ3n) is 6.02. The van der Waals surface area contributed by atoms with Crippen molar-refractivity contribution in [3.63, 3.8) is 0 Å². The Morgan fingerprint density at radius 1 is 1.24 bits per heavy atom. The number of likely N-dealkylation sites (tertiary alicyclic amines) is 2. The number of pyridine rings is 1. The highest BCUT2D eigenvalue weighted by molar-refractivity contribution is 5.83. The van der Waals surface area contributed by atoms with Gasteiger partial charge in [-0.2, -0.15) is 0 Å². The Kier molecular flexibility index (Phi) is 4.13. The summed E-state index contributed by atoms with van der Waals surface area (Å²) in [5, 5.41) is 0. The summed E-state index contributed by atoms with van der Waals surface area (Å²) >= 11 is 0. The van der Waals surface area contributed by atoms with Crippen LogP contribution in [0.1, 0.15) is 31.4 Å². The molecular weight excluding hydrogens is 316 g/mol. The molecule has 3 aliphatic rings. The smallest absolute Gasteiger partial charge is 0.320 e. The summed E-state index contributed by atoms with van der Waals surface area (Å²) in [5.41, 5.74) is 0.940. The van der Waals surface area contributed by atoms with Gasteiger partial charge in [0.15, 0.2) is 0 Å². The fourth-order valence-electron chi connectivity index (χ4n) is 4.39. The quantitative estimate of drug-likeness (QED) is 0.844. The molecule has 2 saturated heterocycles. The minimum absolute atomic E-state index is 0.0326. The van der Waals surface area contributed by atoms with E-state index in [2.05, 4.69) is 4.98 Å². The molecule has 2 unspecified atom stereocenters. The number of nitrogens with zero attached hydrogens (tertiary/aromatic N) is 4. The molecule has 2 aliphatic heterocycles. The molecule has 0 aromatic carbocycles. The first-order chi connectivity index (χ1) is 12.1. The molecule has 1 aliphatic carbocycles. The summed E-state index contributed by atoms with van der Waals surface area (Å²) in [7, 11) is 1.85. The first-order valence-electron chi connectivity index (χ1n) is 9.28. The summed E-state index contributed by atoms with van der Waals surface area (Å²) < 4.78 is 0. The van der Waals surface area contributed by atoms with Crippen molar-refractivity contribution < 1.29 is 9.59 Å². The molecule has 1 aromatic rings. The van der Waals surface area contributed by atoms with Crippen molar-refractivity contribution in [2.24, 2.45) is 11.3 Å². The van der Waals surface area contributed by atoms with E-state index >= 15 is 0 Å². The zero-order valence-electron chi connectivity index (χ0n) is 14.9. The van der Waals surface area contributed by atoms with E-state index in [1.54, 1.807) is 11.1 Å². The Labute approximate surface area is 148 Å². The highest BCUT2D eigenvalue weighted by atomic mass is 16.2. The Bertz CT molecular complexity index is 659.